The molecule has 0 saturated heterocycles. The van der Waals surface area contributed by atoms with Crippen molar-refractivity contribution in [3.05, 3.63) is 24.2 Å². The van der Waals surface area contributed by atoms with Crippen LogP contribution in [0.25, 0.3) is 0 Å². The van der Waals surface area contributed by atoms with Crippen LogP contribution in [0.15, 0.2) is 23.0 Å². The fourth-order valence-electron chi connectivity index (χ4n) is 2.24. The predicted octanol–water partition coefficient (Wildman–Crippen LogP) is 0.773. The van der Waals surface area contributed by atoms with Crippen LogP contribution < -0.4 is 5.32 Å². The van der Waals surface area contributed by atoms with E-state index in [1.807, 2.05) is 0 Å². The standard InChI is InChI=1S/C14H20N2O4/c17-8-7-16(12-2-1-3-12)13(18)4-6-15-14(19)11-5-9-20-10-11/h5,9-10,12,17H,1-4,6-8H2,(H,15,19). The van der Waals surface area contributed by atoms with E-state index in [-0.39, 0.29) is 37.4 Å². The Morgan fingerprint density at radius 3 is 2.80 bits per heavy atom. The van der Waals surface area contributed by atoms with Gasteiger partial charge in [0.2, 0.25) is 5.91 Å². The molecule has 0 aromatic carbocycles. The number of hydrogen-bond donors (Lipinski definition) is 2. The van der Waals surface area contributed by atoms with E-state index in [2.05, 4.69) is 5.32 Å². The first-order valence-electron chi connectivity index (χ1n) is 6.93. The molecule has 1 aliphatic rings. The second-order valence-electron chi connectivity index (χ2n) is 4.91. The maximum absolute atomic E-state index is 12.1. The van der Waals surface area contributed by atoms with Gasteiger partial charge in [0.1, 0.15) is 6.26 Å². The molecule has 6 heteroatoms. The lowest BCUT2D eigenvalue weighted by molar-refractivity contribution is -0.135. The number of aliphatic hydroxyl groups is 1. The zero-order chi connectivity index (χ0) is 14.4. The topological polar surface area (TPSA) is 82.8 Å². The monoisotopic (exact) mass is 280 g/mol. The fraction of sp³-hybridized carbons (Fsp3) is 0.571. The third-order valence-electron chi connectivity index (χ3n) is 3.58. The lowest BCUT2D eigenvalue weighted by Crippen LogP contribution is -2.46. The molecule has 0 aliphatic heterocycles. The Bertz CT molecular complexity index is 440. The summed E-state index contributed by atoms with van der Waals surface area (Å²) in [6.45, 7) is 0.639. The van der Waals surface area contributed by atoms with E-state index in [1.54, 1.807) is 11.0 Å². The molecular formula is C14H20N2O4. The van der Waals surface area contributed by atoms with E-state index in [0.29, 0.717) is 12.1 Å². The number of rotatable bonds is 7. The largest absolute Gasteiger partial charge is 0.472 e. The Labute approximate surface area is 117 Å². The molecule has 2 rings (SSSR count). The van der Waals surface area contributed by atoms with Gasteiger partial charge in [0.25, 0.3) is 5.91 Å². The molecule has 0 unspecified atom stereocenters. The summed E-state index contributed by atoms with van der Waals surface area (Å²) in [5.41, 5.74) is 0.448. The fourth-order valence-corrected chi connectivity index (χ4v) is 2.24. The average Bonchev–Trinajstić information content (AvgIpc) is 2.89. The van der Waals surface area contributed by atoms with Gasteiger partial charge in [0, 0.05) is 25.6 Å². The smallest absolute Gasteiger partial charge is 0.254 e. The normalized spacial score (nSPS) is 14.7. The molecule has 20 heavy (non-hydrogen) atoms. The lowest BCUT2D eigenvalue weighted by atomic mass is 9.91. The number of nitrogens with zero attached hydrogens (tertiary/aromatic N) is 1. The molecule has 110 valence electrons. The number of carbonyl (C=O) groups excluding carboxylic acids is 2. The number of amides is 2. The predicted molar refractivity (Wildman–Crippen MR) is 72.1 cm³/mol. The molecule has 1 aliphatic carbocycles. The first-order valence-corrected chi connectivity index (χ1v) is 6.93. The number of hydrogen-bond acceptors (Lipinski definition) is 4. The average molecular weight is 280 g/mol. The molecular weight excluding hydrogens is 260 g/mol. The van der Waals surface area contributed by atoms with Crippen molar-refractivity contribution in [1.82, 2.24) is 10.2 Å². The van der Waals surface area contributed by atoms with Crippen molar-refractivity contribution in [2.75, 3.05) is 19.7 Å². The summed E-state index contributed by atoms with van der Waals surface area (Å²) in [5, 5.41) is 11.7. The van der Waals surface area contributed by atoms with E-state index in [1.165, 1.54) is 12.5 Å². The Hall–Kier alpha value is -1.82. The first-order chi connectivity index (χ1) is 9.72. The summed E-state index contributed by atoms with van der Waals surface area (Å²) in [6, 6.07) is 1.84. The third kappa shape index (κ3) is 3.60. The van der Waals surface area contributed by atoms with Crippen LogP contribution in [-0.2, 0) is 4.79 Å². The van der Waals surface area contributed by atoms with Crippen LogP contribution in [0.4, 0.5) is 0 Å². The van der Waals surface area contributed by atoms with Crippen LogP contribution in [-0.4, -0.2) is 47.6 Å². The minimum Gasteiger partial charge on any atom is -0.472 e. The molecule has 2 N–H and O–H groups in total. The molecule has 1 aromatic heterocycles. The lowest BCUT2D eigenvalue weighted by Gasteiger charge is -2.37. The van der Waals surface area contributed by atoms with Gasteiger partial charge in [0.15, 0.2) is 0 Å². The van der Waals surface area contributed by atoms with Gasteiger partial charge in [-0.05, 0) is 25.3 Å². The van der Waals surface area contributed by atoms with E-state index >= 15 is 0 Å². The molecule has 0 radical (unpaired) electrons. The van der Waals surface area contributed by atoms with Crippen LogP contribution in [0.2, 0.25) is 0 Å². The van der Waals surface area contributed by atoms with Gasteiger partial charge in [0.05, 0.1) is 18.4 Å². The van der Waals surface area contributed by atoms with Gasteiger partial charge >= 0.3 is 0 Å². The van der Waals surface area contributed by atoms with Crippen molar-refractivity contribution in [1.29, 1.82) is 0 Å². The number of carbonyl (C=O) groups is 2. The Morgan fingerprint density at radius 2 is 2.25 bits per heavy atom. The van der Waals surface area contributed by atoms with Crippen LogP contribution in [0.3, 0.4) is 0 Å². The molecule has 6 nitrogen and oxygen atoms in total. The van der Waals surface area contributed by atoms with Crippen LogP contribution in [0.5, 0.6) is 0 Å². The van der Waals surface area contributed by atoms with Crippen LogP contribution in [0.1, 0.15) is 36.0 Å². The molecule has 1 saturated carbocycles. The Morgan fingerprint density at radius 1 is 1.45 bits per heavy atom. The zero-order valence-electron chi connectivity index (χ0n) is 11.4. The highest BCUT2D eigenvalue weighted by atomic mass is 16.3. The zero-order valence-corrected chi connectivity index (χ0v) is 11.4. The molecule has 2 amide bonds. The van der Waals surface area contributed by atoms with Crippen molar-refractivity contribution in [3.63, 3.8) is 0 Å². The Kier molecular flexibility index (Phi) is 5.17. The highest BCUT2D eigenvalue weighted by Gasteiger charge is 2.27. The molecule has 0 atom stereocenters. The van der Waals surface area contributed by atoms with E-state index in [9.17, 15) is 9.59 Å². The summed E-state index contributed by atoms with van der Waals surface area (Å²) >= 11 is 0. The van der Waals surface area contributed by atoms with Crippen molar-refractivity contribution < 1.29 is 19.1 Å². The maximum Gasteiger partial charge on any atom is 0.254 e. The second kappa shape index (κ2) is 7.09. The van der Waals surface area contributed by atoms with Crippen molar-refractivity contribution in [2.24, 2.45) is 0 Å². The second-order valence-corrected chi connectivity index (χ2v) is 4.91. The molecule has 1 aromatic rings. The number of aliphatic hydroxyl groups excluding tert-OH is 1. The van der Waals surface area contributed by atoms with Crippen LogP contribution in [0, 0.1) is 0 Å². The number of furan rings is 1. The minimum atomic E-state index is -0.246. The van der Waals surface area contributed by atoms with Gasteiger partial charge < -0.3 is 19.7 Å². The van der Waals surface area contributed by atoms with Crippen molar-refractivity contribution in [2.45, 2.75) is 31.7 Å². The summed E-state index contributed by atoms with van der Waals surface area (Å²) < 4.78 is 4.82. The van der Waals surface area contributed by atoms with E-state index < -0.39 is 0 Å². The molecule has 1 heterocycles. The van der Waals surface area contributed by atoms with Gasteiger partial charge in [-0.1, -0.05) is 0 Å². The Balaban J connectivity index is 1.74. The maximum atomic E-state index is 12.1. The minimum absolute atomic E-state index is 0.0174. The first kappa shape index (κ1) is 14.6. The van der Waals surface area contributed by atoms with E-state index in [0.717, 1.165) is 19.3 Å². The van der Waals surface area contributed by atoms with Gasteiger partial charge in [-0.3, -0.25) is 9.59 Å². The summed E-state index contributed by atoms with van der Waals surface area (Å²) in [5.74, 6) is -0.264. The molecule has 0 spiro atoms. The molecule has 1 fully saturated rings. The molecule has 0 bridgehead atoms. The van der Waals surface area contributed by atoms with E-state index in [4.69, 9.17) is 9.52 Å². The van der Waals surface area contributed by atoms with Gasteiger partial charge in [-0.2, -0.15) is 0 Å². The van der Waals surface area contributed by atoms with Gasteiger partial charge in [-0.15, -0.1) is 0 Å². The SMILES string of the molecule is O=C(NCCC(=O)N(CCO)C1CCC1)c1ccoc1. The number of nitrogens with one attached hydrogen (secondary N) is 1. The summed E-state index contributed by atoms with van der Waals surface area (Å²) in [7, 11) is 0. The van der Waals surface area contributed by atoms with Crippen molar-refractivity contribution in [3.8, 4) is 0 Å². The quantitative estimate of drug-likeness (QED) is 0.773. The summed E-state index contributed by atoms with van der Waals surface area (Å²) in [4.78, 5) is 25.5. The highest BCUT2D eigenvalue weighted by Crippen LogP contribution is 2.24. The third-order valence-corrected chi connectivity index (χ3v) is 3.58. The van der Waals surface area contributed by atoms with Gasteiger partial charge in [-0.25, -0.2) is 0 Å². The van der Waals surface area contributed by atoms with Crippen molar-refractivity contribution >= 4 is 11.8 Å². The summed E-state index contributed by atoms with van der Waals surface area (Å²) in [6.07, 6.45) is 6.20. The van der Waals surface area contributed by atoms with Crippen LogP contribution >= 0.6 is 0 Å². The highest BCUT2D eigenvalue weighted by molar-refractivity contribution is 5.94.